The Labute approximate surface area is 193 Å². The molecule has 1 aromatic heterocycles. The highest BCUT2D eigenvalue weighted by atomic mass is 16.5. The molecule has 6 heteroatoms. The summed E-state index contributed by atoms with van der Waals surface area (Å²) in [6.45, 7) is 4.02. The summed E-state index contributed by atoms with van der Waals surface area (Å²) >= 11 is 0. The first kappa shape index (κ1) is 22.0. The van der Waals surface area contributed by atoms with Crippen LogP contribution in [0.25, 0.3) is 11.1 Å². The van der Waals surface area contributed by atoms with Crippen LogP contribution in [0, 0.1) is 6.92 Å². The van der Waals surface area contributed by atoms with Crippen molar-refractivity contribution in [2.75, 3.05) is 7.11 Å². The van der Waals surface area contributed by atoms with Gasteiger partial charge in [-0.1, -0.05) is 48.0 Å². The van der Waals surface area contributed by atoms with E-state index in [2.05, 4.69) is 15.3 Å². The Morgan fingerprint density at radius 3 is 2.21 bits per heavy atom. The fourth-order valence-electron chi connectivity index (χ4n) is 3.32. The zero-order valence-electron chi connectivity index (χ0n) is 18.8. The first-order valence-corrected chi connectivity index (χ1v) is 10.6. The number of rotatable bonds is 7. The van der Waals surface area contributed by atoms with E-state index >= 15 is 0 Å². The van der Waals surface area contributed by atoms with E-state index in [9.17, 15) is 4.79 Å². The molecule has 1 atom stereocenters. The predicted molar refractivity (Wildman–Crippen MR) is 128 cm³/mol. The number of nitrogens with one attached hydrogen (secondary N) is 1. The SMILES string of the molecule is COc1cccc(Oc2ncc(-c3ccc(C(=O)N[C@H](C)c4ccc(C)cc4)cc3)cn2)c1. The highest BCUT2D eigenvalue weighted by Gasteiger charge is 2.12. The molecule has 0 aliphatic rings. The van der Waals surface area contributed by atoms with Gasteiger partial charge in [-0.2, -0.15) is 0 Å². The molecule has 0 aliphatic heterocycles. The number of ether oxygens (including phenoxy) is 2. The average Bonchev–Trinajstić information content (AvgIpc) is 2.85. The Bertz CT molecular complexity index is 1220. The highest BCUT2D eigenvalue weighted by Crippen LogP contribution is 2.24. The van der Waals surface area contributed by atoms with Crippen molar-refractivity contribution in [2.45, 2.75) is 19.9 Å². The van der Waals surface area contributed by atoms with Crippen molar-refractivity contribution in [2.24, 2.45) is 0 Å². The number of hydrogen-bond acceptors (Lipinski definition) is 5. The predicted octanol–water partition coefficient (Wildman–Crippen LogP) is 5.74. The summed E-state index contributed by atoms with van der Waals surface area (Å²) in [5, 5.41) is 3.04. The lowest BCUT2D eigenvalue weighted by molar-refractivity contribution is 0.0940. The molecule has 33 heavy (non-hydrogen) atoms. The van der Waals surface area contributed by atoms with Crippen LogP contribution >= 0.6 is 0 Å². The lowest BCUT2D eigenvalue weighted by Crippen LogP contribution is -2.26. The molecule has 1 heterocycles. The normalized spacial score (nSPS) is 11.5. The summed E-state index contributed by atoms with van der Waals surface area (Å²) in [5.41, 5.74) is 4.59. The Morgan fingerprint density at radius 1 is 0.879 bits per heavy atom. The van der Waals surface area contributed by atoms with Crippen molar-refractivity contribution in [1.82, 2.24) is 15.3 Å². The second kappa shape index (κ2) is 9.96. The average molecular weight is 440 g/mol. The van der Waals surface area contributed by atoms with E-state index in [0.717, 1.165) is 16.7 Å². The van der Waals surface area contributed by atoms with Gasteiger partial charge in [-0.25, -0.2) is 9.97 Å². The number of carbonyl (C=O) groups excluding carboxylic acids is 1. The van der Waals surface area contributed by atoms with Crippen LogP contribution in [0.2, 0.25) is 0 Å². The number of aryl methyl sites for hydroxylation is 1. The standard InChI is InChI=1S/C27H25N3O3/c1-18-7-9-20(10-8-18)19(2)30-26(31)22-13-11-21(12-14-22)23-16-28-27(29-17-23)33-25-6-4-5-24(15-25)32-3/h4-17,19H,1-3H3,(H,30,31)/t19-/m1/s1. The first-order valence-electron chi connectivity index (χ1n) is 10.6. The van der Waals surface area contributed by atoms with Gasteiger partial charge in [-0.3, -0.25) is 4.79 Å². The molecule has 0 radical (unpaired) electrons. The second-order valence-corrected chi connectivity index (χ2v) is 7.72. The third kappa shape index (κ3) is 5.54. The van der Waals surface area contributed by atoms with E-state index in [1.54, 1.807) is 37.7 Å². The van der Waals surface area contributed by atoms with Gasteiger partial charge >= 0.3 is 6.01 Å². The largest absolute Gasteiger partial charge is 0.497 e. The van der Waals surface area contributed by atoms with Gasteiger partial charge in [0, 0.05) is 29.6 Å². The molecule has 0 saturated carbocycles. The maximum Gasteiger partial charge on any atom is 0.321 e. The molecular weight excluding hydrogens is 414 g/mol. The molecule has 4 rings (SSSR count). The molecule has 0 spiro atoms. The van der Waals surface area contributed by atoms with Gasteiger partial charge in [0.2, 0.25) is 0 Å². The lowest BCUT2D eigenvalue weighted by Gasteiger charge is -2.15. The second-order valence-electron chi connectivity index (χ2n) is 7.72. The van der Waals surface area contributed by atoms with Crippen molar-refractivity contribution in [3.05, 3.63) is 102 Å². The van der Waals surface area contributed by atoms with Gasteiger partial charge in [0.25, 0.3) is 5.91 Å². The maximum absolute atomic E-state index is 12.6. The molecule has 0 bridgehead atoms. The van der Waals surface area contributed by atoms with E-state index in [1.165, 1.54) is 5.56 Å². The molecule has 1 N–H and O–H groups in total. The molecule has 0 fully saturated rings. The van der Waals surface area contributed by atoms with Crippen LogP contribution in [0.4, 0.5) is 0 Å². The van der Waals surface area contributed by atoms with Crippen LogP contribution in [0.5, 0.6) is 17.5 Å². The van der Waals surface area contributed by atoms with Crippen molar-refractivity contribution >= 4 is 5.91 Å². The summed E-state index contributed by atoms with van der Waals surface area (Å²) in [7, 11) is 1.60. The molecule has 0 unspecified atom stereocenters. The van der Waals surface area contributed by atoms with E-state index in [-0.39, 0.29) is 18.0 Å². The Morgan fingerprint density at radius 2 is 1.55 bits per heavy atom. The van der Waals surface area contributed by atoms with E-state index in [4.69, 9.17) is 9.47 Å². The first-order chi connectivity index (χ1) is 16.0. The Kier molecular flexibility index (Phi) is 6.64. The third-order valence-corrected chi connectivity index (χ3v) is 5.28. The summed E-state index contributed by atoms with van der Waals surface area (Å²) in [6, 6.07) is 22.9. The fraction of sp³-hybridized carbons (Fsp3) is 0.148. The monoisotopic (exact) mass is 439 g/mol. The van der Waals surface area contributed by atoms with Crippen LogP contribution in [0.15, 0.2) is 85.2 Å². The summed E-state index contributed by atoms with van der Waals surface area (Å²) in [5.74, 6) is 1.17. The number of amides is 1. The van der Waals surface area contributed by atoms with Gasteiger partial charge in [0.15, 0.2) is 0 Å². The van der Waals surface area contributed by atoms with Gasteiger partial charge in [0.1, 0.15) is 11.5 Å². The number of benzene rings is 3. The van der Waals surface area contributed by atoms with Crippen LogP contribution in [0.3, 0.4) is 0 Å². The number of hydrogen-bond donors (Lipinski definition) is 1. The Balaban J connectivity index is 1.40. The minimum absolute atomic E-state index is 0.0803. The molecule has 166 valence electrons. The molecule has 0 saturated heterocycles. The van der Waals surface area contributed by atoms with Gasteiger partial charge in [-0.15, -0.1) is 0 Å². The summed E-state index contributed by atoms with van der Waals surface area (Å²) < 4.78 is 10.9. The fourth-order valence-corrected chi connectivity index (χ4v) is 3.32. The van der Waals surface area contributed by atoms with Crippen molar-refractivity contribution < 1.29 is 14.3 Å². The van der Waals surface area contributed by atoms with E-state index in [1.807, 2.05) is 68.4 Å². The molecule has 3 aromatic carbocycles. The number of aromatic nitrogens is 2. The van der Waals surface area contributed by atoms with Crippen molar-refractivity contribution in [3.8, 4) is 28.6 Å². The molecule has 1 amide bonds. The smallest absolute Gasteiger partial charge is 0.321 e. The van der Waals surface area contributed by atoms with Gasteiger partial charge < -0.3 is 14.8 Å². The minimum Gasteiger partial charge on any atom is -0.497 e. The highest BCUT2D eigenvalue weighted by molar-refractivity contribution is 5.94. The molecule has 4 aromatic rings. The van der Waals surface area contributed by atoms with Crippen LogP contribution in [-0.4, -0.2) is 23.0 Å². The maximum atomic E-state index is 12.6. The zero-order valence-corrected chi connectivity index (χ0v) is 18.8. The summed E-state index contributed by atoms with van der Waals surface area (Å²) in [6.07, 6.45) is 3.38. The Hall–Kier alpha value is -4.19. The van der Waals surface area contributed by atoms with Crippen molar-refractivity contribution in [3.63, 3.8) is 0 Å². The van der Waals surface area contributed by atoms with E-state index < -0.39 is 0 Å². The summed E-state index contributed by atoms with van der Waals surface area (Å²) in [4.78, 5) is 21.2. The van der Waals surface area contributed by atoms with Gasteiger partial charge in [0.05, 0.1) is 13.2 Å². The van der Waals surface area contributed by atoms with Crippen molar-refractivity contribution in [1.29, 1.82) is 0 Å². The van der Waals surface area contributed by atoms with Gasteiger partial charge in [-0.05, 0) is 49.2 Å². The number of carbonyl (C=O) groups is 1. The number of methoxy groups -OCH3 is 1. The van der Waals surface area contributed by atoms with Crippen LogP contribution < -0.4 is 14.8 Å². The quantitative estimate of drug-likeness (QED) is 0.397. The molecule has 6 nitrogen and oxygen atoms in total. The minimum atomic E-state index is -0.118. The van der Waals surface area contributed by atoms with Crippen LogP contribution in [-0.2, 0) is 0 Å². The third-order valence-electron chi connectivity index (χ3n) is 5.28. The van der Waals surface area contributed by atoms with E-state index in [0.29, 0.717) is 17.1 Å². The number of nitrogens with zero attached hydrogens (tertiary/aromatic N) is 2. The molecule has 0 aliphatic carbocycles. The van der Waals surface area contributed by atoms with Crippen LogP contribution in [0.1, 0.15) is 34.5 Å². The topological polar surface area (TPSA) is 73.3 Å². The lowest BCUT2D eigenvalue weighted by atomic mass is 10.0. The zero-order chi connectivity index (χ0) is 23.2. The molecular formula is C27H25N3O3.